The molecule has 182 valence electrons. The first-order valence-corrected chi connectivity index (χ1v) is 12.4. The minimum absolute atomic E-state index is 0.107. The third-order valence-electron chi connectivity index (χ3n) is 7.75. The lowest BCUT2D eigenvalue weighted by molar-refractivity contribution is -0.118. The molecule has 7 rings (SSSR count). The van der Waals surface area contributed by atoms with Gasteiger partial charge >= 0.3 is 0 Å². The van der Waals surface area contributed by atoms with Crippen molar-refractivity contribution in [3.63, 3.8) is 0 Å². The molecule has 2 fully saturated rings. The molecule has 0 unspecified atom stereocenters. The van der Waals surface area contributed by atoms with Crippen molar-refractivity contribution in [3.8, 4) is 0 Å². The average Bonchev–Trinajstić information content (AvgIpc) is 3.45. The molecule has 1 aliphatic carbocycles. The second kappa shape index (κ2) is 7.76. The van der Waals surface area contributed by atoms with Crippen LogP contribution < -0.4 is 15.5 Å². The number of nitrogens with zero attached hydrogens (tertiary/aromatic N) is 4. The van der Waals surface area contributed by atoms with E-state index in [1.54, 1.807) is 0 Å². The lowest BCUT2D eigenvalue weighted by atomic mass is 9.91. The number of carbonyl (C=O) groups excluding carboxylic acids is 1. The molecule has 4 heterocycles. The Balaban J connectivity index is 1.17. The molecule has 9 nitrogen and oxygen atoms in total. The molecule has 9 heteroatoms. The molecule has 1 spiro atoms. The van der Waals surface area contributed by atoms with Crippen LogP contribution in [0.1, 0.15) is 34.6 Å². The smallest absolute Gasteiger partial charge is 0.235 e. The number of aromatic amines is 1. The molecule has 3 aliphatic rings. The Morgan fingerprint density at radius 1 is 1.11 bits per heavy atom. The van der Waals surface area contributed by atoms with E-state index in [0.29, 0.717) is 19.2 Å². The maximum Gasteiger partial charge on any atom is 0.235 e. The predicted molar refractivity (Wildman–Crippen MR) is 138 cm³/mol. The normalized spacial score (nSPS) is 22.7. The summed E-state index contributed by atoms with van der Waals surface area (Å²) in [6.07, 6.45) is 2.66. The largest absolute Gasteiger partial charge is 0.378 e. The molecule has 2 aliphatic heterocycles. The molecular weight excluding hydrogens is 454 g/mol. The monoisotopic (exact) mass is 481 g/mol. The zero-order chi connectivity index (χ0) is 24.4. The van der Waals surface area contributed by atoms with Crippen LogP contribution in [0.4, 0.5) is 23.3 Å². The molecule has 4 aromatic rings. The summed E-state index contributed by atoms with van der Waals surface area (Å²) in [5.74, 6) is 2.41. The lowest BCUT2D eigenvalue weighted by Gasteiger charge is -2.27. The first-order chi connectivity index (χ1) is 17.5. The van der Waals surface area contributed by atoms with Gasteiger partial charge in [0.1, 0.15) is 5.82 Å². The van der Waals surface area contributed by atoms with Gasteiger partial charge in [-0.15, -0.1) is 0 Å². The van der Waals surface area contributed by atoms with Crippen molar-refractivity contribution in [2.24, 2.45) is 0 Å². The van der Waals surface area contributed by atoms with E-state index in [2.05, 4.69) is 61.9 Å². The van der Waals surface area contributed by atoms with Gasteiger partial charge in [0.25, 0.3) is 0 Å². The number of benzene rings is 2. The lowest BCUT2D eigenvalue weighted by Crippen LogP contribution is -2.37. The fraction of sp³-hybridized carbons (Fsp3) is 0.333. The molecule has 36 heavy (non-hydrogen) atoms. The highest BCUT2D eigenvalue weighted by Gasteiger charge is 2.65. The van der Waals surface area contributed by atoms with Crippen molar-refractivity contribution in [2.45, 2.75) is 31.6 Å². The minimum atomic E-state index is -0.454. The van der Waals surface area contributed by atoms with Crippen molar-refractivity contribution >= 4 is 40.1 Å². The van der Waals surface area contributed by atoms with Gasteiger partial charge in [-0.25, -0.2) is 4.98 Å². The van der Waals surface area contributed by atoms with E-state index in [9.17, 15) is 4.79 Å². The minimum Gasteiger partial charge on any atom is -0.378 e. The topological polar surface area (TPSA) is 108 Å². The summed E-state index contributed by atoms with van der Waals surface area (Å²) in [6.45, 7) is 6.98. The van der Waals surface area contributed by atoms with Gasteiger partial charge in [-0.05, 0) is 49.6 Å². The van der Waals surface area contributed by atoms with Crippen LogP contribution >= 0.6 is 0 Å². The number of H-pyrrole nitrogens is 1. The van der Waals surface area contributed by atoms with Crippen molar-refractivity contribution in [1.29, 1.82) is 0 Å². The second-order valence-corrected chi connectivity index (χ2v) is 10.0. The molecule has 3 N–H and O–H groups in total. The first kappa shape index (κ1) is 21.3. The highest BCUT2D eigenvalue weighted by atomic mass is 16.5. The van der Waals surface area contributed by atoms with Crippen LogP contribution in [0.25, 0.3) is 10.9 Å². The Morgan fingerprint density at radius 3 is 2.83 bits per heavy atom. The molecule has 1 saturated carbocycles. The van der Waals surface area contributed by atoms with Crippen LogP contribution in [0.2, 0.25) is 0 Å². The zero-order valence-electron chi connectivity index (χ0n) is 20.3. The summed E-state index contributed by atoms with van der Waals surface area (Å²) in [5, 5.41) is 15.2. The van der Waals surface area contributed by atoms with E-state index in [0.717, 1.165) is 64.4 Å². The van der Waals surface area contributed by atoms with Crippen LogP contribution in [0.3, 0.4) is 0 Å². The first-order valence-electron chi connectivity index (χ1n) is 12.4. The molecule has 1 amide bonds. The quantitative estimate of drug-likeness (QED) is 0.405. The van der Waals surface area contributed by atoms with Crippen molar-refractivity contribution < 1.29 is 9.53 Å². The van der Waals surface area contributed by atoms with Crippen LogP contribution in [0.5, 0.6) is 0 Å². The summed E-state index contributed by atoms with van der Waals surface area (Å²) < 4.78 is 5.45. The highest BCUT2D eigenvalue weighted by Crippen LogP contribution is 2.65. The molecule has 2 aromatic heterocycles. The number of aryl methyl sites for hydroxylation is 2. The van der Waals surface area contributed by atoms with Gasteiger partial charge < -0.3 is 20.3 Å². The number of ether oxygens (including phenoxy) is 1. The van der Waals surface area contributed by atoms with Gasteiger partial charge in [-0.1, -0.05) is 23.8 Å². The van der Waals surface area contributed by atoms with Crippen molar-refractivity contribution in [1.82, 2.24) is 20.2 Å². The Hall–Kier alpha value is -3.98. The van der Waals surface area contributed by atoms with E-state index < -0.39 is 5.41 Å². The maximum atomic E-state index is 13.0. The Bertz CT molecular complexity index is 1520. The number of morpholine rings is 1. The average molecular weight is 482 g/mol. The van der Waals surface area contributed by atoms with E-state index in [1.165, 1.54) is 5.56 Å². The number of aromatic nitrogens is 4. The third-order valence-corrected chi connectivity index (χ3v) is 7.75. The van der Waals surface area contributed by atoms with E-state index in [1.807, 2.05) is 25.3 Å². The molecule has 2 atom stereocenters. The molecule has 0 bridgehead atoms. The number of hydrogen-bond donors (Lipinski definition) is 3. The Morgan fingerprint density at radius 2 is 1.97 bits per heavy atom. The second-order valence-electron chi connectivity index (χ2n) is 10.0. The van der Waals surface area contributed by atoms with Gasteiger partial charge in [0.05, 0.1) is 24.1 Å². The standard InChI is InChI=1S/C27H27N7O2/c1-15-3-6-21-19(11-15)27(25(35)29-21)13-20(27)17-4-5-18-22(12-17)32-33-24(18)30-23-16(2)14-28-26(31-23)34-7-9-36-10-8-34/h3-6,11-12,14,20H,7-10,13H2,1-2H3,(H,29,35)(H2,28,30,31,32,33)/t20-,27-/m0/s1. The van der Waals surface area contributed by atoms with E-state index >= 15 is 0 Å². The number of fused-ring (bicyclic) bond motifs is 3. The van der Waals surface area contributed by atoms with Crippen LogP contribution in [-0.4, -0.2) is 52.4 Å². The number of nitrogens with one attached hydrogen (secondary N) is 3. The van der Waals surface area contributed by atoms with Crippen molar-refractivity contribution in [2.75, 3.05) is 41.8 Å². The fourth-order valence-corrected chi connectivity index (χ4v) is 5.64. The summed E-state index contributed by atoms with van der Waals surface area (Å²) in [7, 11) is 0. The SMILES string of the molecule is Cc1ccc2c(c1)[C@]1(C[C@H]1c1ccc3c(Nc4nc(N5CCOCC5)ncc4C)n[nH]c3c1)C(=O)N2. The predicted octanol–water partition coefficient (Wildman–Crippen LogP) is 3.93. The molecule has 0 radical (unpaired) electrons. The number of carbonyl (C=O) groups is 1. The molecule has 1 saturated heterocycles. The summed E-state index contributed by atoms with van der Waals surface area (Å²) in [5.41, 5.74) is 5.81. The summed E-state index contributed by atoms with van der Waals surface area (Å²) in [4.78, 5) is 24.4. The van der Waals surface area contributed by atoms with Crippen LogP contribution in [-0.2, 0) is 14.9 Å². The number of anilines is 4. The Kier molecular flexibility index (Phi) is 4.59. The van der Waals surface area contributed by atoms with Crippen LogP contribution in [0.15, 0.2) is 42.6 Å². The fourth-order valence-electron chi connectivity index (χ4n) is 5.64. The number of rotatable bonds is 4. The Labute approximate surface area is 208 Å². The summed E-state index contributed by atoms with van der Waals surface area (Å²) >= 11 is 0. The third kappa shape index (κ3) is 3.19. The molecular formula is C27H27N7O2. The van der Waals surface area contributed by atoms with Gasteiger partial charge in [0.15, 0.2) is 5.82 Å². The van der Waals surface area contributed by atoms with E-state index in [4.69, 9.17) is 9.72 Å². The van der Waals surface area contributed by atoms with Gasteiger partial charge in [-0.2, -0.15) is 10.1 Å². The number of hydrogen-bond acceptors (Lipinski definition) is 7. The number of amides is 1. The van der Waals surface area contributed by atoms with Gasteiger partial charge in [0.2, 0.25) is 11.9 Å². The summed E-state index contributed by atoms with van der Waals surface area (Å²) in [6, 6.07) is 12.5. The van der Waals surface area contributed by atoms with Crippen molar-refractivity contribution in [3.05, 3.63) is 64.8 Å². The van der Waals surface area contributed by atoms with E-state index in [-0.39, 0.29) is 11.8 Å². The maximum absolute atomic E-state index is 13.0. The van der Waals surface area contributed by atoms with Gasteiger partial charge in [0, 0.05) is 41.8 Å². The zero-order valence-corrected chi connectivity index (χ0v) is 20.3. The van der Waals surface area contributed by atoms with Gasteiger partial charge in [-0.3, -0.25) is 9.89 Å². The molecule has 2 aromatic carbocycles. The van der Waals surface area contributed by atoms with Crippen LogP contribution in [0, 0.1) is 13.8 Å². The highest BCUT2D eigenvalue weighted by molar-refractivity contribution is 6.10.